The number of nitrogens with one attached hydrogen (secondary N) is 1. The molecule has 2 aromatic rings. The molecular weight excluding hydrogens is 367 g/mol. The highest BCUT2D eigenvalue weighted by atomic mass is 127. The maximum atomic E-state index is 12.0. The van der Waals surface area contributed by atoms with Crippen LogP contribution in [0.3, 0.4) is 0 Å². The van der Waals surface area contributed by atoms with E-state index in [1.807, 2.05) is 30.3 Å². The minimum absolute atomic E-state index is 0.301. The summed E-state index contributed by atoms with van der Waals surface area (Å²) in [5, 5.41) is 3.97. The van der Waals surface area contributed by atoms with Crippen LogP contribution in [-0.2, 0) is 0 Å². The number of nitrogens with zero attached hydrogens (tertiary/aromatic N) is 1. The van der Waals surface area contributed by atoms with Gasteiger partial charge in [0.25, 0.3) is 5.91 Å². The van der Waals surface area contributed by atoms with Gasteiger partial charge in [0.2, 0.25) is 0 Å². The Hall–Kier alpha value is -1.89. The van der Waals surface area contributed by atoms with E-state index in [2.05, 4.69) is 33.1 Å². The van der Waals surface area contributed by atoms with E-state index in [9.17, 15) is 4.79 Å². The Labute approximate surface area is 131 Å². The second-order valence-electron chi connectivity index (χ2n) is 3.92. The first-order chi connectivity index (χ1) is 9.72. The van der Waals surface area contributed by atoms with Crippen LogP contribution in [0.5, 0.6) is 5.75 Å². The molecule has 102 valence electrons. The van der Waals surface area contributed by atoms with Crippen molar-refractivity contribution in [1.82, 2.24) is 5.43 Å². The average molecular weight is 380 g/mol. The van der Waals surface area contributed by atoms with Gasteiger partial charge in [-0.2, -0.15) is 5.10 Å². The number of halogens is 1. The van der Waals surface area contributed by atoms with Gasteiger partial charge in [-0.15, -0.1) is 0 Å². The zero-order chi connectivity index (χ0) is 14.4. The van der Waals surface area contributed by atoms with Crippen LogP contribution in [0.25, 0.3) is 0 Å². The van der Waals surface area contributed by atoms with Crippen LogP contribution >= 0.6 is 22.6 Å². The van der Waals surface area contributed by atoms with Crippen LogP contribution in [0.15, 0.2) is 53.6 Å². The Bertz CT molecular complexity index is 641. The van der Waals surface area contributed by atoms with Crippen molar-refractivity contribution in [3.8, 4) is 5.75 Å². The van der Waals surface area contributed by atoms with E-state index in [0.717, 1.165) is 9.13 Å². The molecule has 4 nitrogen and oxygen atoms in total. The number of benzene rings is 2. The molecule has 0 fully saturated rings. The van der Waals surface area contributed by atoms with Gasteiger partial charge in [-0.25, -0.2) is 5.43 Å². The minimum Gasteiger partial charge on any atom is -0.496 e. The van der Waals surface area contributed by atoms with Gasteiger partial charge in [-0.05, 0) is 40.8 Å². The highest BCUT2D eigenvalue weighted by Gasteiger charge is 2.09. The molecule has 2 rings (SSSR count). The summed E-state index contributed by atoms with van der Waals surface area (Å²) in [5.41, 5.74) is 3.90. The van der Waals surface area contributed by atoms with Gasteiger partial charge < -0.3 is 4.74 Å². The summed E-state index contributed by atoms with van der Waals surface area (Å²) in [7, 11) is 1.53. The number of para-hydroxylation sites is 1. The molecule has 0 spiro atoms. The summed E-state index contributed by atoms with van der Waals surface area (Å²) in [6.45, 7) is 0. The van der Waals surface area contributed by atoms with Crippen LogP contribution in [-0.4, -0.2) is 19.2 Å². The zero-order valence-electron chi connectivity index (χ0n) is 10.8. The number of rotatable bonds is 4. The molecule has 0 saturated carbocycles. The minimum atomic E-state index is -0.301. The summed E-state index contributed by atoms with van der Waals surface area (Å²) < 4.78 is 6.21. The highest BCUT2D eigenvalue weighted by Crippen LogP contribution is 2.16. The second-order valence-corrected chi connectivity index (χ2v) is 5.08. The monoisotopic (exact) mass is 380 g/mol. The number of carbonyl (C=O) groups is 1. The van der Waals surface area contributed by atoms with Gasteiger partial charge in [-0.1, -0.05) is 30.3 Å². The molecular formula is C15H13IN2O2. The number of methoxy groups -OCH3 is 1. The smallest absolute Gasteiger partial charge is 0.275 e. The molecule has 0 aromatic heterocycles. The molecule has 0 heterocycles. The molecule has 0 saturated heterocycles. The molecule has 1 amide bonds. The van der Waals surface area contributed by atoms with E-state index in [-0.39, 0.29) is 5.91 Å². The lowest BCUT2D eigenvalue weighted by molar-refractivity contribution is 0.0952. The zero-order valence-corrected chi connectivity index (χ0v) is 13.0. The SMILES string of the molecule is COc1ccccc1C(=O)NN=Cc1ccccc1I. The number of ether oxygens (including phenoxy) is 1. The summed E-state index contributed by atoms with van der Waals surface area (Å²) in [6, 6.07) is 14.8. The largest absolute Gasteiger partial charge is 0.496 e. The Morgan fingerprint density at radius 2 is 1.90 bits per heavy atom. The molecule has 0 aliphatic carbocycles. The van der Waals surface area contributed by atoms with E-state index >= 15 is 0 Å². The molecule has 2 aromatic carbocycles. The maximum Gasteiger partial charge on any atom is 0.275 e. The third-order valence-electron chi connectivity index (χ3n) is 2.63. The van der Waals surface area contributed by atoms with Crippen molar-refractivity contribution in [2.45, 2.75) is 0 Å². The van der Waals surface area contributed by atoms with Crippen LogP contribution in [0, 0.1) is 3.57 Å². The quantitative estimate of drug-likeness (QED) is 0.504. The van der Waals surface area contributed by atoms with E-state index in [1.54, 1.807) is 24.4 Å². The Balaban J connectivity index is 2.07. The standard InChI is InChI=1S/C15H13IN2O2/c1-20-14-9-5-3-7-12(14)15(19)18-17-10-11-6-2-4-8-13(11)16/h2-10H,1H3,(H,18,19). The van der Waals surface area contributed by atoms with E-state index < -0.39 is 0 Å². The van der Waals surface area contributed by atoms with Crippen LogP contribution < -0.4 is 10.2 Å². The summed E-state index contributed by atoms with van der Waals surface area (Å²) >= 11 is 2.22. The first kappa shape index (κ1) is 14.5. The molecule has 1 N–H and O–H groups in total. The van der Waals surface area contributed by atoms with Gasteiger partial charge in [0.1, 0.15) is 5.75 Å². The first-order valence-electron chi connectivity index (χ1n) is 5.93. The number of hydrazone groups is 1. The van der Waals surface area contributed by atoms with E-state index in [1.165, 1.54) is 7.11 Å². The number of hydrogen-bond acceptors (Lipinski definition) is 3. The first-order valence-corrected chi connectivity index (χ1v) is 7.01. The third kappa shape index (κ3) is 3.57. The van der Waals surface area contributed by atoms with Gasteiger partial charge in [0.05, 0.1) is 18.9 Å². The lowest BCUT2D eigenvalue weighted by Crippen LogP contribution is -2.18. The Morgan fingerprint density at radius 3 is 2.65 bits per heavy atom. The second kappa shape index (κ2) is 7.04. The van der Waals surface area contributed by atoms with Crippen LogP contribution in [0.4, 0.5) is 0 Å². The molecule has 0 radical (unpaired) electrons. The topological polar surface area (TPSA) is 50.7 Å². The maximum absolute atomic E-state index is 12.0. The molecule has 0 atom stereocenters. The molecule has 0 aliphatic heterocycles. The fraction of sp³-hybridized carbons (Fsp3) is 0.0667. The lowest BCUT2D eigenvalue weighted by atomic mass is 10.2. The fourth-order valence-corrected chi connectivity index (χ4v) is 2.16. The van der Waals surface area contributed by atoms with Crippen LogP contribution in [0.1, 0.15) is 15.9 Å². The van der Waals surface area contributed by atoms with Crippen molar-refractivity contribution >= 4 is 34.7 Å². The van der Waals surface area contributed by atoms with Gasteiger partial charge in [0.15, 0.2) is 0 Å². The number of hydrogen-bond donors (Lipinski definition) is 1. The van der Waals surface area contributed by atoms with Crippen LogP contribution in [0.2, 0.25) is 0 Å². The predicted octanol–water partition coefficient (Wildman–Crippen LogP) is 3.06. The number of amides is 1. The third-order valence-corrected chi connectivity index (χ3v) is 3.61. The van der Waals surface area contributed by atoms with E-state index in [0.29, 0.717) is 11.3 Å². The Morgan fingerprint density at radius 1 is 1.20 bits per heavy atom. The van der Waals surface area contributed by atoms with E-state index in [4.69, 9.17) is 4.74 Å². The van der Waals surface area contributed by atoms with Crippen molar-refractivity contribution in [2.24, 2.45) is 5.10 Å². The average Bonchev–Trinajstić information content (AvgIpc) is 2.49. The molecule has 0 bridgehead atoms. The van der Waals surface area contributed by atoms with Gasteiger partial charge in [0, 0.05) is 9.13 Å². The Kier molecular flexibility index (Phi) is 5.11. The predicted molar refractivity (Wildman–Crippen MR) is 87.2 cm³/mol. The van der Waals surface area contributed by atoms with Crippen molar-refractivity contribution in [3.63, 3.8) is 0 Å². The van der Waals surface area contributed by atoms with Gasteiger partial charge in [-0.3, -0.25) is 4.79 Å². The molecule has 0 aliphatic rings. The molecule has 20 heavy (non-hydrogen) atoms. The fourth-order valence-electron chi connectivity index (χ4n) is 1.63. The van der Waals surface area contributed by atoms with Gasteiger partial charge >= 0.3 is 0 Å². The highest BCUT2D eigenvalue weighted by molar-refractivity contribution is 14.1. The summed E-state index contributed by atoms with van der Waals surface area (Å²) in [5.74, 6) is 0.221. The summed E-state index contributed by atoms with van der Waals surface area (Å²) in [4.78, 5) is 12.0. The van der Waals surface area contributed by atoms with Crippen molar-refractivity contribution in [3.05, 3.63) is 63.2 Å². The molecule has 0 unspecified atom stereocenters. The molecule has 5 heteroatoms. The lowest BCUT2D eigenvalue weighted by Gasteiger charge is -2.06. The normalized spacial score (nSPS) is 10.5. The van der Waals surface area contributed by atoms with Crippen molar-refractivity contribution in [2.75, 3.05) is 7.11 Å². The van der Waals surface area contributed by atoms with Crippen molar-refractivity contribution in [1.29, 1.82) is 0 Å². The number of carbonyl (C=O) groups excluding carboxylic acids is 1. The summed E-state index contributed by atoms with van der Waals surface area (Å²) in [6.07, 6.45) is 1.62. The van der Waals surface area contributed by atoms with Crippen molar-refractivity contribution < 1.29 is 9.53 Å².